The first-order chi connectivity index (χ1) is 4.41. The zero-order valence-corrected chi connectivity index (χ0v) is 8.23. The van der Waals surface area contributed by atoms with E-state index < -0.39 is 8.56 Å². The second-order valence-electron chi connectivity index (χ2n) is 4.14. The van der Waals surface area contributed by atoms with Gasteiger partial charge in [0.1, 0.15) is 0 Å². The summed E-state index contributed by atoms with van der Waals surface area (Å²) in [5.41, 5.74) is 0.225. The minimum atomic E-state index is -1.68. The van der Waals surface area contributed by atoms with Gasteiger partial charge >= 0.3 is 8.56 Å². The van der Waals surface area contributed by atoms with Crippen LogP contribution in [-0.2, 0) is 8.85 Å². The van der Waals surface area contributed by atoms with Gasteiger partial charge in [-0.3, -0.25) is 0 Å². The summed E-state index contributed by atoms with van der Waals surface area (Å²) in [6.45, 7) is 10.2. The highest BCUT2D eigenvalue weighted by Gasteiger charge is 2.35. The summed E-state index contributed by atoms with van der Waals surface area (Å²) in [4.78, 5) is 0. The van der Waals surface area contributed by atoms with E-state index in [1.807, 2.05) is 0 Å². The van der Waals surface area contributed by atoms with E-state index in [1.54, 1.807) is 0 Å². The molecule has 1 heterocycles. The molecule has 0 aromatic heterocycles. The van der Waals surface area contributed by atoms with E-state index in [1.165, 1.54) is 0 Å². The van der Waals surface area contributed by atoms with Crippen molar-refractivity contribution in [1.82, 2.24) is 0 Å². The van der Waals surface area contributed by atoms with Gasteiger partial charge in [0, 0.05) is 18.6 Å². The van der Waals surface area contributed by atoms with Crippen LogP contribution in [0.2, 0.25) is 13.1 Å². The standard InChI is InChI=1S/C7H16O2Si/c1-7(2)5-8-10(3,4)9-6-7/h5-6H2,1-4H3. The quantitative estimate of drug-likeness (QED) is 0.503. The van der Waals surface area contributed by atoms with Crippen molar-refractivity contribution in [2.45, 2.75) is 26.9 Å². The topological polar surface area (TPSA) is 18.5 Å². The summed E-state index contributed by atoms with van der Waals surface area (Å²) >= 11 is 0. The number of hydrogen-bond acceptors (Lipinski definition) is 2. The molecule has 0 saturated carbocycles. The predicted octanol–water partition coefficient (Wildman–Crippen LogP) is 1.76. The monoisotopic (exact) mass is 160 g/mol. The highest BCUT2D eigenvalue weighted by atomic mass is 28.4. The zero-order chi connectivity index (χ0) is 7.83. The van der Waals surface area contributed by atoms with Gasteiger partial charge in [-0.2, -0.15) is 0 Å². The second kappa shape index (κ2) is 2.32. The summed E-state index contributed by atoms with van der Waals surface area (Å²) in [6, 6.07) is 0. The molecule has 60 valence electrons. The van der Waals surface area contributed by atoms with Gasteiger partial charge in [0.15, 0.2) is 0 Å². The van der Waals surface area contributed by atoms with Gasteiger partial charge in [0.2, 0.25) is 0 Å². The molecule has 0 aromatic rings. The molecular formula is C7H16O2Si. The molecule has 0 bridgehead atoms. The Labute approximate surface area is 63.8 Å². The van der Waals surface area contributed by atoms with Gasteiger partial charge in [-0.05, 0) is 13.1 Å². The average Bonchev–Trinajstić information content (AvgIpc) is 1.79. The van der Waals surface area contributed by atoms with Crippen LogP contribution in [0, 0.1) is 5.41 Å². The van der Waals surface area contributed by atoms with Crippen LogP contribution in [0.4, 0.5) is 0 Å². The minimum absolute atomic E-state index is 0.225. The molecular weight excluding hydrogens is 144 g/mol. The van der Waals surface area contributed by atoms with E-state index >= 15 is 0 Å². The Morgan fingerprint density at radius 1 is 1.10 bits per heavy atom. The molecule has 1 aliphatic heterocycles. The van der Waals surface area contributed by atoms with E-state index in [0.29, 0.717) is 0 Å². The first-order valence-electron chi connectivity index (χ1n) is 3.69. The highest BCUT2D eigenvalue weighted by Crippen LogP contribution is 2.25. The summed E-state index contributed by atoms with van der Waals surface area (Å²) < 4.78 is 11.2. The summed E-state index contributed by atoms with van der Waals surface area (Å²) in [7, 11) is -1.68. The maximum atomic E-state index is 5.60. The largest absolute Gasteiger partial charge is 0.394 e. The minimum Gasteiger partial charge on any atom is -0.394 e. The first-order valence-corrected chi connectivity index (χ1v) is 6.51. The molecule has 1 aliphatic rings. The van der Waals surface area contributed by atoms with Crippen LogP contribution in [0.25, 0.3) is 0 Å². The van der Waals surface area contributed by atoms with Gasteiger partial charge in [-0.25, -0.2) is 0 Å². The number of hydrogen-bond donors (Lipinski definition) is 0. The Bertz CT molecular complexity index is 104. The van der Waals surface area contributed by atoms with Gasteiger partial charge in [0.25, 0.3) is 0 Å². The maximum absolute atomic E-state index is 5.60. The molecule has 0 amide bonds. The lowest BCUT2D eigenvalue weighted by Crippen LogP contribution is -2.47. The summed E-state index contributed by atoms with van der Waals surface area (Å²) in [5.74, 6) is 0. The van der Waals surface area contributed by atoms with Crippen molar-refractivity contribution in [3.8, 4) is 0 Å². The van der Waals surface area contributed by atoms with Gasteiger partial charge in [-0.15, -0.1) is 0 Å². The summed E-state index contributed by atoms with van der Waals surface area (Å²) in [5, 5.41) is 0. The average molecular weight is 160 g/mol. The van der Waals surface area contributed by atoms with Crippen LogP contribution in [0.3, 0.4) is 0 Å². The summed E-state index contributed by atoms with van der Waals surface area (Å²) in [6.07, 6.45) is 0. The normalized spacial score (nSPS) is 30.0. The lowest BCUT2D eigenvalue weighted by atomic mass is 9.97. The lowest BCUT2D eigenvalue weighted by molar-refractivity contribution is 0.0172. The van der Waals surface area contributed by atoms with E-state index in [4.69, 9.17) is 8.85 Å². The molecule has 10 heavy (non-hydrogen) atoms. The Balaban J connectivity index is 2.46. The fourth-order valence-electron chi connectivity index (χ4n) is 0.822. The smallest absolute Gasteiger partial charge is 0.331 e. The van der Waals surface area contributed by atoms with Crippen LogP contribution in [0.5, 0.6) is 0 Å². The fourth-order valence-corrected chi connectivity index (χ4v) is 2.38. The van der Waals surface area contributed by atoms with Crippen molar-refractivity contribution in [3.63, 3.8) is 0 Å². The second-order valence-corrected chi connectivity index (χ2v) is 7.52. The fraction of sp³-hybridized carbons (Fsp3) is 1.00. The molecule has 1 saturated heterocycles. The Kier molecular flexibility index (Phi) is 1.91. The molecule has 0 unspecified atom stereocenters. The third-order valence-corrected chi connectivity index (χ3v) is 3.30. The van der Waals surface area contributed by atoms with E-state index in [0.717, 1.165) is 13.2 Å². The molecule has 0 aliphatic carbocycles. The zero-order valence-electron chi connectivity index (χ0n) is 7.23. The third-order valence-electron chi connectivity index (χ3n) is 1.62. The molecule has 0 spiro atoms. The van der Waals surface area contributed by atoms with Crippen molar-refractivity contribution in [2.24, 2.45) is 5.41 Å². The molecule has 0 atom stereocenters. The Morgan fingerprint density at radius 3 is 1.80 bits per heavy atom. The molecule has 0 N–H and O–H groups in total. The van der Waals surface area contributed by atoms with Crippen LogP contribution < -0.4 is 0 Å². The Hall–Kier alpha value is 0.137. The third kappa shape index (κ3) is 2.07. The van der Waals surface area contributed by atoms with Crippen molar-refractivity contribution in [2.75, 3.05) is 13.2 Å². The van der Waals surface area contributed by atoms with E-state index in [-0.39, 0.29) is 5.41 Å². The van der Waals surface area contributed by atoms with Crippen LogP contribution in [0.1, 0.15) is 13.8 Å². The van der Waals surface area contributed by atoms with Gasteiger partial charge in [-0.1, -0.05) is 13.8 Å². The molecule has 2 nitrogen and oxygen atoms in total. The SMILES string of the molecule is CC1(C)CO[Si](C)(C)OC1. The van der Waals surface area contributed by atoms with Crippen molar-refractivity contribution in [1.29, 1.82) is 0 Å². The predicted molar refractivity (Wildman–Crippen MR) is 43.2 cm³/mol. The molecule has 0 aromatic carbocycles. The van der Waals surface area contributed by atoms with Crippen molar-refractivity contribution < 1.29 is 8.85 Å². The van der Waals surface area contributed by atoms with Crippen LogP contribution >= 0.6 is 0 Å². The van der Waals surface area contributed by atoms with Gasteiger partial charge < -0.3 is 8.85 Å². The molecule has 1 fully saturated rings. The van der Waals surface area contributed by atoms with E-state index in [9.17, 15) is 0 Å². The van der Waals surface area contributed by atoms with E-state index in [2.05, 4.69) is 26.9 Å². The van der Waals surface area contributed by atoms with Gasteiger partial charge in [0.05, 0.1) is 0 Å². The molecule has 1 rings (SSSR count). The van der Waals surface area contributed by atoms with Crippen molar-refractivity contribution in [3.05, 3.63) is 0 Å². The molecule has 3 heteroatoms. The lowest BCUT2D eigenvalue weighted by Gasteiger charge is -2.37. The highest BCUT2D eigenvalue weighted by molar-refractivity contribution is 6.64. The maximum Gasteiger partial charge on any atom is 0.331 e. The van der Waals surface area contributed by atoms with Crippen LogP contribution in [-0.4, -0.2) is 21.8 Å². The van der Waals surface area contributed by atoms with Crippen LogP contribution in [0.15, 0.2) is 0 Å². The van der Waals surface area contributed by atoms with Crippen molar-refractivity contribution >= 4 is 8.56 Å². The number of rotatable bonds is 0. The molecule has 0 radical (unpaired) electrons. The Morgan fingerprint density at radius 2 is 1.50 bits per heavy atom. The first kappa shape index (κ1) is 8.24.